The van der Waals surface area contributed by atoms with Crippen LogP contribution in [0.5, 0.6) is 5.75 Å². The fourth-order valence-corrected chi connectivity index (χ4v) is 3.90. The summed E-state index contributed by atoms with van der Waals surface area (Å²) in [6.45, 7) is 7.36. The molecule has 5 heteroatoms. The molecule has 0 saturated carbocycles. The van der Waals surface area contributed by atoms with Gasteiger partial charge in [-0.05, 0) is 38.6 Å². The van der Waals surface area contributed by atoms with Gasteiger partial charge in [0.15, 0.2) is 10.9 Å². The molecule has 2 aromatic carbocycles. The number of para-hydroxylation sites is 1. The molecule has 1 aliphatic rings. The lowest BCUT2D eigenvalue weighted by molar-refractivity contribution is 0.102. The lowest BCUT2D eigenvalue weighted by Crippen LogP contribution is -2.48. The molecule has 3 rings (SSSR count). The van der Waals surface area contributed by atoms with E-state index >= 15 is 0 Å². The van der Waals surface area contributed by atoms with Gasteiger partial charge in [0.1, 0.15) is 5.75 Å². The third-order valence-electron chi connectivity index (χ3n) is 4.85. The first kappa shape index (κ1) is 20.1. The van der Waals surface area contributed by atoms with E-state index in [0.29, 0.717) is 22.9 Å². The number of carbonyl (C=O) groups excluding carboxylic acids is 1. The Bertz CT molecular complexity index is 892. The zero-order valence-electron chi connectivity index (χ0n) is 16.6. The summed E-state index contributed by atoms with van der Waals surface area (Å²) in [5.74, 6) is 0.769. The number of ketones is 1. The molecular formula is C23H26N2O2S. The molecule has 0 fully saturated rings. The molecule has 28 heavy (non-hydrogen) atoms. The molecule has 1 aliphatic heterocycles. The highest BCUT2D eigenvalue weighted by atomic mass is 32.1. The maximum absolute atomic E-state index is 13.5. The highest BCUT2D eigenvalue weighted by Gasteiger charge is 2.35. The molecule has 1 heterocycles. The van der Waals surface area contributed by atoms with Gasteiger partial charge in [0, 0.05) is 28.9 Å². The molecule has 0 aliphatic carbocycles. The molecular weight excluding hydrogens is 368 g/mol. The summed E-state index contributed by atoms with van der Waals surface area (Å²) in [4.78, 5) is 15.5. The SMILES string of the molecule is CCCN1C(=S)NC(c2ccccc2OCC)C(C(=O)c2ccccc2)=C1C. The average molecular weight is 395 g/mol. The third-order valence-corrected chi connectivity index (χ3v) is 5.19. The number of rotatable bonds is 7. The van der Waals surface area contributed by atoms with Gasteiger partial charge in [-0.1, -0.05) is 55.5 Å². The molecule has 146 valence electrons. The minimum atomic E-state index is -0.351. The summed E-state index contributed by atoms with van der Waals surface area (Å²) in [6.07, 6.45) is 0.937. The first-order chi connectivity index (χ1) is 13.6. The summed E-state index contributed by atoms with van der Waals surface area (Å²) < 4.78 is 5.84. The van der Waals surface area contributed by atoms with E-state index in [1.165, 1.54) is 0 Å². The quantitative estimate of drug-likeness (QED) is 0.535. The van der Waals surface area contributed by atoms with E-state index in [0.717, 1.165) is 30.0 Å². The zero-order valence-corrected chi connectivity index (χ0v) is 17.4. The predicted molar refractivity (Wildman–Crippen MR) is 117 cm³/mol. The topological polar surface area (TPSA) is 41.6 Å². The zero-order chi connectivity index (χ0) is 20.1. The highest BCUT2D eigenvalue weighted by Crippen LogP contribution is 2.37. The van der Waals surface area contributed by atoms with Gasteiger partial charge >= 0.3 is 0 Å². The van der Waals surface area contributed by atoms with Gasteiger partial charge in [-0.2, -0.15) is 0 Å². The van der Waals surface area contributed by atoms with E-state index in [2.05, 4.69) is 12.2 Å². The normalized spacial score (nSPS) is 16.8. The van der Waals surface area contributed by atoms with Crippen LogP contribution in [0.15, 0.2) is 65.9 Å². The largest absolute Gasteiger partial charge is 0.494 e. The van der Waals surface area contributed by atoms with Crippen LogP contribution in [-0.4, -0.2) is 28.9 Å². The van der Waals surface area contributed by atoms with Gasteiger partial charge in [-0.15, -0.1) is 0 Å². The van der Waals surface area contributed by atoms with Gasteiger partial charge in [-0.3, -0.25) is 4.79 Å². The molecule has 0 saturated heterocycles. The Hall–Kier alpha value is -2.66. The Labute approximate surface area is 172 Å². The standard InChI is InChI=1S/C23H26N2O2S/c1-4-15-25-16(3)20(22(26)17-11-7-6-8-12-17)21(24-23(25)28)18-13-9-10-14-19(18)27-5-2/h6-14,21H,4-5,15H2,1-3H3,(H,24,28). The predicted octanol–water partition coefficient (Wildman–Crippen LogP) is 4.88. The van der Waals surface area contributed by atoms with E-state index < -0.39 is 0 Å². The molecule has 0 spiro atoms. The van der Waals surface area contributed by atoms with Gasteiger partial charge in [0.2, 0.25) is 0 Å². The van der Waals surface area contributed by atoms with Crippen molar-refractivity contribution in [3.63, 3.8) is 0 Å². The van der Waals surface area contributed by atoms with Gasteiger partial charge in [0.25, 0.3) is 0 Å². The van der Waals surface area contributed by atoms with Gasteiger partial charge < -0.3 is 15.0 Å². The minimum Gasteiger partial charge on any atom is -0.494 e. The Kier molecular flexibility index (Phi) is 6.47. The fraction of sp³-hybridized carbons (Fsp3) is 0.304. The molecule has 0 bridgehead atoms. The van der Waals surface area contributed by atoms with Crippen molar-refractivity contribution in [1.29, 1.82) is 0 Å². The van der Waals surface area contributed by atoms with Crippen LogP contribution in [-0.2, 0) is 0 Å². The average Bonchev–Trinajstić information content (AvgIpc) is 2.71. The Morgan fingerprint density at radius 1 is 1.11 bits per heavy atom. The van der Waals surface area contributed by atoms with Gasteiger partial charge in [0.05, 0.1) is 12.6 Å². The number of ether oxygens (including phenoxy) is 1. The number of allylic oxidation sites excluding steroid dienone is 1. The van der Waals surface area contributed by atoms with Crippen LogP contribution in [0.3, 0.4) is 0 Å². The van der Waals surface area contributed by atoms with Gasteiger partial charge in [-0.25, -0.2) is 0 Å². The number of nitrogens with zero attached hydrogens (tertiary/aromatic N) is 1. The van der Waals surface area contributed by atoms with Crippen molar-refractivity contribution in [1.82, 2.24) is 10.2 Å². The number of hydrogen-bond donors (Lipinski definition) is 1. The summed E-state index contributed by atoms with van der Waals surface area (Å²) in [5.41, 5.74) is 3.19. The number of carbonyl (C=O) groups is 1. The van der Waals surface area contributed by atoms with Crippen molar-refractivity contribution < 1.29 is 9.53 Å². The Balaban J connectivity index is 2.15. The third kappa shape index (κ3) is 3.94. The van der Waals surface area contributed by atoms with Crippen molar-refractivity contribution in [2.75, 3.05) is 13.2 Å². The van der Waals surface area contributed by atoms with Crippen molar-refractivity contribution in [3.05, 3.63) is 77.0 Å². The minimum absolute atomic E-state index is 0.00510. The Morgan fingerprint density at radius 3 is 2.46 bits per heavy atom. The number of Topliss-reactive ketones (excluding diaryl/α,β-unsaturated/α-hetero) is 1. The number of thiocarbonyl (C=S) groups is 1. The van der Waals surface area contributed by atoms with E-state index in [9.17, 15) is 4.79 Å². The van der Waals surface area contributed by atoms with Crippen molar-refractivity contribution in [3.8, 4) is 5.75 Å². The lowest BCUT2D eigenvalue weighted by Gasteiger charge is -2.38. The molecule has 1 atom stereocenters. The molecule has 0 aromatic heterocycles. The van der Waals surface area contributed by atoms with Crippen LogP contribution < -0.4 is 10.1 Å². The molecule has 1 unspecified atom stereocenters. The van der Waals surface area contributed by atoms with E-state index in [1.807, 2.05) is 73.3 Å². The Morgan fingerprint density at radius 2 is 1.79 bits per heavy atom. The smallest absolute Gasteiger partial charge is 0.193 e. The summed E-state index contributed by atoms with van der Waals surface area (Å²) in [7, 11) is 0. The van der Waals surface area contributed by atoms with Crippen LogP contribution in [0, 0.1) is 0 Å². The number of hydrogen-bond acceptors (Lipinski definition) is 3. The van der Waals surface area contributed by atoms with Crippen molar-refractivity contribution in [2.45, 2.75) is 33.2 Å². The van der Waals surface area contributed by atoms with E-state index in [1.54, 1.807) is 0 Å². The van der Waals surface area contributed by atoms with Crippen LogP contribution in [0.25, 0.3) is 0 Å². The fourth-order valence-electron chi connectivity index (χ4n) is 3.55. The van der Waals surface area contributed by atoms with Crippen LogP contribution in [0.2, 0.25) is 0 Å². The van der Waals surface area contributed by atoms with Crippen LogP contribution in [0.4, 0.5) is 0 Å². The van der Waals surface area contributed by atoms with Crippen molar-refractivity contribution in [2.24, 2.45) is 0 Å². The lowest BCUT2D eigenvalue weighted by atomic mass is 9.88. The molecule has 0 amide bonds. The second-order valence-corrected chi connectivity index (χ2v) is 7.09. The first-order valence-electron chi connectivity index (χ1n) is 9.68. The van der Waals surface area contributed by atoms with Crippen molar-refractivity contribution >= 4 is 23.1 Å². The molecule has 4 nitrogen and oxygen atoms in total. The van der Waals surface area contributed by atoms with Crippen LogP contribution in [0.1, 0.15) is 49.2 Å². The highest BCUT2D eigenvalue weighted by molar-refractivity contribution is 7.80. The maximum atomic E-state index is 13.5. The van der Waals surface area contributed by atoms with Crippen LogP contribution >= 0.6 is 12.2 Å². The molecule has 1 N–H and O–H groups in total. The summed E-state index contributed by atoms with van der Waals surface area (Å²) in [6, 6.07) is 16.9. The number of benzene rings is 2. The molecule has 0 radical (unpaired) electrons. The van der Waals surface area contributed by atoms with E-state index in [4.69, 9.17) is 17.0 Å². The second kappa shape index (κ2) is 9.02. The first-order valence-corrected chi connectivity index (χ1v) is 10.1. The monoisotopic (exact) mass is 394 g/mol. The summed E-state index contributed by atoms with van der Waals surface area (Å²) in [5, 5.41) is 4.04. The van der Waals surface area contributed by atoms with E-state index in [-0.39, 0.29) is 11.8 Å². The second-order valence-electron chi connectivity index (χ2n) is 6.70. The maximum Gasteiger partial charge on any atom is 0.193 e. The number of nitrogens with one attached hydrogen (secondary N) is 1. The summed E-state index contributed by atoms with van der Waals surface area (Å²) >= 11 is 5.64. The molecule has 2 aromatic rings.